The number of carboxylic acid groups (broad SMARTS) is 1. The third-order valence-corrected chi connectivity index (χ3v) is 1.99. The van der Waals surface area contributed by atoms with E-state index in [9.17, 15) is 4.79 Å². The quantitative estimate of drug-likeness (QED) is 0.603. The van der Waals surface area contributed by atoms with E-state index in [2.05, 4.69) is 4.80 Å². The van der Waals surface area contributed by atoms with Crippen LogP contribution in [0.2, 0.25) is 0 Å². The summed E-state index contributed by atoms with van der Waals surface area (Å²) in [6, 6.07) is -1.04. The van der Waals surface area contributed by atoms with Gasteiger partial charge in [0, 0.05) is 6.54 Å². The van der Waals surface area contributed by atoms with Crippen LogP contribution in [0.15, 0.2) is 0 Å². The summed E-state index contributed by atoms with van der Waals surface area (Å²) in [5.74, 6) is -0.935. The third kappa shape index (κ3) is 3.74. The molecular weight excluding hydrogens is 186 g/mol. The summed E-state index contributed by atoms with van der Waals surface area (Å²) in [6.45, 7) is 3.44. The van der Waals surface area contributed by atoms with Crippen molar-refractivity contribution in [3.05, 3.63) is 0 Å². The van der Waals surface area contributed by atoms with E-state index in [0.717, 1.165) is 12.8 Å². The topological polar surface area (TPSA) is 82.2 Å². The second-order valence-electron chi connectivity index (χ2n) is 3.10. The first-order chi connectivity index (χ1) is 7.08. The van der Waals surface area contributed by atoms with Gasteiger partial charge in [-0.05, 0) is 6.42 Å². The normalized spacial score (nSPS) is 14.8. The molecule has 0 aromatic carbocycles. The highest BCUT2D eigenvalue weighted by Gasteiger charge is 2.29. The number of nitrogens with zero attached hydrogens (tertiary/aromatic N) is 1. The minimum Gasteiger partial charge on any atom is -0.480 e. The molecule has 0 aromatic rings. The Labute approximate surface area is 84.8 Å². The van der Waals surface area contributed by atoms with Gasteiger partial charge in [-0.15, -0.1) is 0 Å². The second-order valence-corrected chi connectivity index (χ2v) is 3.10. The van der Waals surface area contributed by atoms with E-state index in [1.807, 2.05) is 6.92 Å². The molecule has 0 aromatic heterocycles. The Morgan fingerprint density at radius 3 is 2.71 bits per heavy atom. The smallest absolute Gasteiger partial charge is 0.480 e. The standard InChI is InChI=1S/C9H17NO4/c1-3-4-5-10(7(2)12)8(6-11)9(13)14/h8,11H,3-6H2,1-2H3,(H,13,14)/p+1/t8-/m0/s1/i/hT. The number of carbonyl (C=O) groups excluding carboxylic acids is 1. The molecule has 14 heavy (non-hydrogen) atoms. The zero-order valence-electron chi connectivity index (χ0n) is 9.56. The van der Waals surface area contributed by atoms with E-state index < -0.39 is 18.6 Å². The van der Waals surface area contributed by atoms with Crippen LogP contribution in [0.1, 0.15) is 28.1 Å². The number of amides is 1. The van der Waals surface area contributed by atoms with E-state index in [-0.39, 0.29) is 5.91 Å². The molecule has 1 atom stereocenters. The van der Waals surface area contributed by atoms with Crippen LogP contribution in [0.3, 0.4) is 0 Å². The first-order valence-corrected chi connectivity index (χ1v) is 4.65. The predicted octanol–water partition coefficient (Wildman–Crippen LogP) is 0.0563. The van der Waals surface area contributed by atoms with E-state index in [1.54, 1.807) is 0 Å². The highest BCUT2D eigenvalue weighted by molar-refractivity contribution is 5.82. The van der Waals surface area contributed by atoms with Gasteiger partial charge in [0.25, 0.3) is 0 Å². The Hall–Kier alpha value is -1.10. The maximum atomic E-state index is 10.8. The van der Waals surface area contributed by atoms with Crippen LogP contribution in [-0.2, 0) is 4.79 Å². The van der Waals surface area contributed by atoms with Crippen LogP contribution in [-0.4, -0.2) is 51.0 Å². The molecule has 5 heteroatoms. The van der Waals surface area contributed by atoms with Gasteiger partial charge >= 0.3 is 13.3 Å². The molecule has 0 aliphatic heterocycles. The fraction of sp³-hybridized carbons (Fsp3) is 0.778. The minimum absolute atomic E-state index is 0.185. The third-order valence-electron chi connectivity index (χ3n) is 1.99. The largest absolute Gasteiger partial charge is 0.687 e. The van der Waals surface area contributed by atoms with Gasteiger partial charge in [0.2, 0.25) is 0 Å². The number of unbranched alkanes of at least 4 members (excludes halogenated alkanes) is 1. The number of aliphatic carboxylic acids is 1. The molecule has 0 rings (SSSR count). The lowest BCUT2D eigenvalue weighted by Crippen LogP contribution is -2.46. The van der Waals surface area contributed by atoms with E-state index in [4.69, 9.17) is 11.6 Å². The maximum Gasteiger partial charge on any atom is 0.687 e. The number of aliphatic hydroxyl groups excluding tert-OH is 1. The summed E-state index contributed by atoms with van der Waals surface area (Å²) < 4.78 is 6.73. The van der Waals surface area contributed by atoms with Crippen molar-refractivity contribution in [3.8, 4) is 0 Å². The van der Waals surface area contributed by atoms with E-state index in [0.29, 0.717) is 6.54 Å². The summed E-state index contributed by atoms with van der Waals surface area (Å²) in [5, 5.41) is 17.8. The average Bonchev–Trinajstić information content (AvgIpc) is 2.22. The Bertz CT molecular complexity index is 232. The molecule has 0 saturated heterocycles. The van der Waals surface area contributed by atoms with Crippen LogP contribution in [0, 0.1) is 0 Å². The predicted molar refractivity (Wildman–Crippen MR) is 52.7 cm³/mol. The van der Waals surface area contributed by atoms with Gasteiger partial charge in [-0.25, -0.2) is 4.79 Å². The summed E-state index contributed by atoms with van der Waals surface area (Å²) in [6.07, 6.45) is 1.68. The van der Waals surface area contributed by atoms with Crippen molar-refractivity contribution < 1.29 is 21.2 Å². The van der Waals surface area contributed by atoms with Crippen LogP contribution in [0.4, 0.5) is 0 Å². The van der Waals surface area contributed by atoms with E-state index in [1.165, 1.54) is 11.8 Å². The molecule has 0 bridgehead atoms. The van der Waals surface area contributed by atoms with Crippen molar-refractivity contribution in [2.45, 2.75) is 32.7 Å². The highest BCUT2D eigenvalue weighted by Crippen LogP contribution is 2.03. The minimum atomic E-state index is -1.12. The number of carboxylic acids is 1. The van der Waals surface area contributed by atoms with Gasteiger partial charge in [-0.2, -0.15) is 0 Å². The van der Waals surface area contributed by atoms with Crippen molar-refractivity contribution >= 4 is 11.9 Å². The Morgan fingerprint density at radius 2 is 2.36 bits per heavy atom. The fourth-order valence-electron chi connectivity index (χ4n) is 1.17. The van der Waals surface area contributed by atoms with Crippen LogP contribution >= 0.6 is 0 Å². The zero-order valence-corrected chi connectivity index (χ0v) is 8.56. The SMILES string of the molecule is [3H][O+]=C(C)N(CCCC)[C@@H](CO)C(=O)O. The van der Waals surface area contributed by atoms with Gasteiger partial charge in [-0.3, -0.25) is 9.70 Å². The molecule has 0 aliphatic rings. The Morgan fingerprint density at radius 1 is 1.71 bits per heavy atom. The van der Waals surface area contributed by atoms with Crippen molar-refractivity contribution in [3.63, 3.8) is 0 Å². The lowest BCUT2D eigenvalue weighted by atomic mass is 10.2. The molecule has 0 radical (unpaired) electrons. The lowest BCUT2D eigenvalue weighted by molar-refractivity contribution is -0.143. The summed E-state index contributed by atoms with van der Waals surface area (Å²) >= 11 is 0. The Kier molecular flexibility index (Phi) is 4.99. The van der Waals surface area contributed by atoms with E-state index >= 15 is 0 Å². The molecule has 0 saturated carbocycles. The zero-order chi connectivity index (χ0) is 11.8. The van der Waals surface area contributed by atoms with Gasteiger partial charge in [0.1, 0.15) is 0 Å². The van der Waals surface area contributed by atoms with Gasteiger partial charge in [-0.1, -0.05) is 13.3 Å². The molecule has 0 aliphatic carbocycles. The number of rotatable bonds is 6. The number of hydrogen-bond donors (Lipinski definition) is 2. The van der Waals surface area contributed by atoms with Crippen molar-refractivity contribution in [2.75, 3.05) is 13.2 Å². The van der Waals surface area contributed by atoms with Gasteiger partial charge < -0.3 is 10.2 Å². The number of aliphatic hydroxyl groups is 1. The lowest BCUT2D eigenvalue weighted by Gasteiger charge is -2.22. The fourth-order valence-corrected chi connectivity index (χ4v) is 1.17. The van der Waals surface area contributed by atoms with Crippen LogP contribution in [0.25, 0.3) is 0 Å². The van der Waals surface area contributed by atoms with Crippen LogP contribution in [0.5, 0.6) is 0 Å². The molecule has 0 unspecified atom stereocenters. The summed E-state index contributed by atoms with van der Waals surface area (Å²) in [7, 11) is 0. The molecule has 5 nitrogen and oxygen atoms in total. The van der Waals surface area contributed by atoms with Crippen LogP contribution < -0.4 is 0 Å². The van der Waals surface area contributed by atoms with Crippen molar-refractivity contribution in [2.24, 2.45) is 0 Å². The molecule has 3 N–H and O–H groups in total. The summed E-state index contributed by atoms with van der Waals surface area (Å²) in [4.78, 5) is 16.5. The molecule has 82 valence electrons. The van der Waals surface area contributed by atoms with Crippen molar-refractivity contribution in [1.29, 1.82) is 0 Å². The van der Waals surface area contributed by atoms with Gasteiger partial charge in [0.15, 0.2) is 6.04 Å². The number of hydrogen-bond acceptors (Lipinski definition) is 2. The first kappa shape index (κ1) is 11.0. The first-order valence-electron chi connectivity index (χ1n) is 5.06. The molecule has 0 heterocycles. The molecule has 1 amide bonds. The maximum absolute atomic E-state index is 10.8. The number of carbonyl (C=O) groups is 1. The Balaban J connectivity index is 4.65. The highest BCUT2D eigenvalue weighted by atomic mass is 16.4. The van der Waals surface area contributed by atoms with Crippen molar-refractivity contribution in [1.82, 2.24) is 4.90 Å². The monoisotopic (exact) mass is 206 g/mol. The summed E-state index contributed by atoms with van der Waals surface area (Å²) in [5.41, 5.74) is 0. The second kappa shape index (κ2) is 6.37. The molecular formula is C9H18NO4+. The molecule has 0 fully saturated rings. The molecule has 0 spiro atoms. The van der Waals surface area contributed by atoms with Gasteiger partial charge in [0.05, 0.1) is 13.5 Å². The average molecular weight is 206 g/mol.